The van der Waals surface area contributed by atoms with Gasteiger partial charge in [-0.05, 0) is 100 Å². The van der Waals surface area contributed by atoms with Crippen LogP contribution in [-0.4, -0.2) is 31.6 Å². The van der Waals surface area contributed by atoms with E-state index < -0.39 is 16.0 Å². The highest BCUT2D eigenvalue weighted by Gasteiger charge is 2.35. The summed E-state index contributed by atoms with van der Waals surface area (Å²) < 4.78 is 36.7. The SMILES string of the molecule is COc1cc(/C=C2\SC(=O)N(Cc3ccccc3C)C2=O)cc(I)c1OS(=O)(=O)c1ccc(Cl)cc1. The number of halogens is 2. The maximum absolute atomic E-state index is 13.0. The average molecular weight is 656 g/mol. The molecule has 4 rings (SSSR count). The van der Waals surface area contributed by atoms with Gasteiger partial charge in [0.2, 0.25) is 0 Å². The first-order chi connectivity index (χ1) is 17.1. The van der Waals surface area contributed by atoms with Crippen LogP contribution in [0, 0.1) is 10.5 Å². The number of methoxy groups -OCH3 is 1. The molecule has 1 saturated heterocycles. The number of aryl methyl sites for hydroxylation is 1. The lowest BCUT2D eigenvalue weighted by Gasteiger charge is -2.14. The van der Waals surface area contributed by atoms with Crippen LogP contribution in [0.25, 0.3) is 6.08 Å². The quantitative estimate of drug-likeness (QED) is 0.169. The number of rotatable bonds is 7. The number of imide groups is 1. The second kappa shape index (κ2) is 10.8. The fourth-order valence-electron chi connectivity index (χ4n) is 3.41. The minimum atomic E-state index is -4.15. The van der Waals surface area contributed by atoms with Crippen molar-refractivity contribution in [3.8, 4) is 11.5 Å². The van der Waals surface area contributed by atoms with Crippen LogP contribution in [0.2, 0.25) is 5.02 Å². The molecule has 1 aliphatic rings. The second-order valence-electron chi connectivity index (χ2n) is 7.72. The Morgan fingerprint density at radius 1 is 1.08 bits per heavy atom. The first kappa shape index (κ1) is 26.5. The number of carbonyl (C=O) groups excluding carboxylic acids is 2. The van der Waals surface area contributed by atoms with Gasteiger partial charge in [-0.2, -0.15) is 8.42 Å². The van der Waals surface area contributed by atoms with Crippen LogP contribution in [0.4, 0.5) is 4.79 Å². The Bertz CT molecular complexity index is 1490. The topological polar surface area (TPSA) is 90.0 Å². The van der Waals surface area contributed by atoms with Gasteiger partial charge in [0.05, 0.1) is 22.1 Å². The summed E-state index contributed by atoms with van der Waals surface area (Å²) in [4.78, 5) is 26.9. The summed E-state index contributed by atoms with van der Waals surface area (Å²) in [5.41, 5.74) is 2.43. The molecule has 1 heterocycles. The minimum Gasteiger partial charge on any atom is -0.493 e. The molecule has 11 heteroatoms. The van der Waals surface area contributed by atoms with E-state index in [-0.39, 0.29) is 33.1 Å². The Morgan fingerprint density at radius 2 is 1.78 bits per heavy atom. The van der Waals surface area contributed by atoms with E-state index in [0.717, 1.165) is 22.9 Å². The van der Waals surface area contributed by atoms with E-state index >= 15 is 0 Å². The number of amides is 2. The van der Waals surface area contributed by atoms with Gasteiger partial charge in [0.25, 0.3) is 11.1 Å². The van der Waals surface area contributed by atoms with Crippen LogP contribution in [0.15, 0.2) is 70.5 Å². The third-order valence-corrected chi connectivity index (χ3v) is 8.50. The molecule has 0 unspecified atom stereocenters. The zero-order chi connectivity index (χ0) is 26.0. The van der Waals surface area contributed by atoms with Crippen LogP contribution < -0.4 is 8.92 Å². The number of nitrogens with zero attached hydrogens (tertiary/aromatic N) is 1. The van der Waals surface area contributed by atoms with Gasteiger partial charge in [0.1, 0.15) is 4.90 Å². The van der Waals surface area contributed by atoms with Crippen molar-refractivity contribution < 1.29 is 26.9 Å². The van der Waals surface area contributed by atoms with Crippen molar-refractivity contribution in [2.75, 3.05) is 7.11 Å². The molecule has 2 amide bonds. The predicted molar refractivity (Wildman–Crippen MR) is 148 cm³/mol. The Labute approximate surface area is 231 Å². The van der Waals surface area contributed by atoms with E-state index in [9.17, 15) is 18.0 Å². The van der Waals surface area contributed by atoms with Crippen LogP contribution >= 0.6 is 46.0 Å². The van der Waals surface area contributed by atoms with Crippen molar-refractivity contribution in [3.05, 3.63) is 90.9 Å². The first-order valence-corrected chi connectivity index (χ1v) is 14.1. The molecule has 186 valence electrons. The summed E-state index contributed by atoms with van der Waals surface area (Å²) in [7, 11) is -2.76. The fourth-order valence-corrected chi connectivity index (χ4v) is 6.21. The first-order valence-electron chi connectivity index (χ1n) is 10.5. The van der Waals surface area contributed by atoms with Gasteiger partial charge in [-0.1, -0.05) is 35.9 Å². The second-order valence-corrected chi connectivity index (χ2v) is 11.9. The molecule has 0 aromatic heterocycles. The smallest absolute Gasteiger partial charge is 0.339 e. The summed E-state index contributed by atoms with van der Waals surface area (Å²) in [6.07, 6.45) is 1.57. The molecule has 0 saturated carbocycles. The van der Waals surface area contributed by atoms with Crippen LogP contribution in [0.5, 0.6) is 11.5 Å². The monoisotopic (exact) mass is 655 g/mol. The molecule has 0 spiro atoms. The fraction of sp³-hybridized carbons (Fsp3) is 0.120. The summed E-state index contributed by atoms with van der Waals surface area (Å²) in [6.45, 7) is 2.11. The van der Waals surface area contributed by atoms with Crippen LogP contribution in [0.3, 0.4) is 0 Å². The Kier molecular flexibility index (Phi) is 7.98. The van der Waals surface area contributed by atoms with Gasteiger partial charge in [0.15, 0.2) is 11.5 Å². The number of hydrogen-bond acceptors (Lipinski definition) is 7. The third-order valence-electron chi connectivity index (χ3n) is 5.31. The summed E-state index contributed by atoms with van der Waals surface area (Å²) in [6, 6.07) is 16.4. The van der Waals surface area contributed by atoms with Crippen molar-refractivity contribution in [3.63, 3.8) is 0 Å². The van der Waals surface area contributed by atoms with Crippen molar-refractivity contribution in [1.29, 1.82) is 0 Å². The van der Waals surface area contributed by atoms with E-state index in [1.165, 1.54) is 36.3 Å². The zero-order valence-electron chi connectivity index (χ0n) is 19.0. The van der Waals surface area contributed by atoms with E-state index in [2.05, 4.69) is 0 Å². The molecular weight excluding hydrogens is 637 g/mol. The minimum absolute atomic E-state index is 0.0119. The lowest BCUT2D eigenvalue weighted by atomic mass is 10.1. The Hall–Kier alpha value is -2.54. The normalized spacial score (nSPS) is 15.0. The Balaban J connectivity index is 1.60. The average Bonchev–Trinajstić information content (AvgIpc) is 3.09. The molecule has 1 aliphatic heterocycles. The predicted octanol–water partition coefficient (Wildman–Crippen LogP) is 6.27. The molecule has 7 nitrogen and oxygen atoms in total. The van der Waals surface area contributed by atoms with E-state index in [1.54, 1.807) is 18.2 Å². The third kappa shape index (κ3) is 5.72. The van der Waals surface area contributed by atoms with Crippen LogP contribution in [-0.2, 0) is 21.5 Å². The molecule has 0 bridgehead atoms. The van der Waals surface area contributed by atoms with Crippen LogP contribution in [0.1, 0.15) is 16.7 Å². The van der Waals surface area contributed by atoms with Gasteiger partial charge < -0.3 is 8.92 Å². The molecule has 0 aliphatic carbocycles. The lowest BCUT2D eigenvalue weighted by Crippen LogP contribution is -2.27. The molecule has 0 radical (unpaired) electrons. The van der Waals surface area contributed by atoms with Gasteiger partial charge >= 0.3 is 10.1 Å². The molecule has 0 N–H and O–H groups in total. The maximum Gasteiger partial charge on any atom is 0.339 e. The Morgan fingerprint density at radius 3 is 2.44 bits per heavy atom. The van der Waals surface area contributed by atoms with Gasteiger partial charge in [-0.3, -0.25) is 14.5 Å². The standard InChI is InChI=1S/C25H19ClINO6S2/c1-15-5-3-4-6-17(15)14-28-24(29)22(35-25(28)30)13-16-11-20(27)23(21(12-16)33-2)34-36(31,32)19-9-7-18(26)8-10-19/h3-13H,14H2,1-2H3/b22-13-. The molecule has 3 aromatic rings. The van der Waals surface area contributed by atoms with E-state index in [1.807, 2.05) is 53.8 Å². The van der Waals surface area contributed by atoms with Crippen molar-refractivity contribution in [2.24, 2.45) is 0 Å². The maximum atomic E-state index is 13.0. The molecule has 3 aromatic carbocycles. The van der Waals surface area contributed by atoms with Gasteiger partial charge in [-0.25, -0.2) is 0 Å². The number of hydrogen-bond donors (Lipinski definition) is 0. The molecule has 0 atom stereocenters. The molecule has 36 heavy (non-hydrogen) atoms. The largest absolute Gasteiger partial charge is 0.493 e. The molecule has 1 fully saturated rings. The number of carbonyl (C=O) groups is 2. The van der Waals surface area contributed by atoms with Crippen molar-refractivity contribution in [2.45, 2.75) is 18.4 Å². The highest BCUT2D eigenvalue weighted by atomic mass is 127. The molecular formula is C25H19ClINO6S2. The van der Waals surface area contributed by atoms with Crippen molar-refractivity contribution >= 4 is 73.3 Å². The summed E-state index contributed by atoms with van der Waals surface area (Å²) >= 11 is 8.63. The zero-order valence-corrected chi connectivity index (χ0v) is 23.6. The number of thioether (sulfide) groups is 1. The number of ether oxygens (including phenoxy) is 1. The van der Waals surface area contributed by atoms with Gasteiger partial charge in [0, 0.05) is 5.02 Å². The highest BCUT2D eigenvalue weighted by molar-refractivity contribution is 14.1. The van der Waals surface area contributed by atoms with Gasteiger partial charge in [-0.15, -0.1) is 0 Å². The van der Waals surface area contributed by atoms with Crippen molar-refractivity contribution in [1.82, 2.24) is 4.90 Å². The number of benzene rings is 3. The highest BCUT2D eigenvalue weighted by Crippen LogP contribution is 2.39. The van der Waals surface area contributed by atoms with E-state index in [0.29, 0.717) is 14.2 Å². The van der Waals surface area contributed by atoms with E-state index in [4.69, 9.17) is 20.5 Å². The lowest BCUT2D eigenvalue weighted by molar-refractivity contribution is -0.123. The summed E-state index contributed by atoms with van der Waals surface area (Å²) in [5, 5.41) is 0.0407. The summed E-state index contributed by atoms with van der Waals surface area (Å²) in [5.74, 6) is -0.226.